The molecule has 3 rings (SSSR count). The Morgan fingerprint density at radius 2 is 1.76 bits per heavy atom. The van der Waals surface area contributed by atoms with Gasteiger partial charge >= 0.3 is 19.0 Å². The van der Waals surface area contributed by atoms with E-state index in [1.165, 1.54) is 12.2 Å². The summed E-state index contributed by atoms with van der Waals surface area (Å²) in [4.78, 5) is 43.5. The second-order valence-corrected chi connectivity index (χ2v) is 6.30. The van der Waals surface area contributed by atoms with Crippen LogP contribution in [0.15, 0.2) is 52.1 Å². The van der Waals surface area contributed by atoms with Gasteiger partial charge < -0.3 is 9.79 Å². The van der Waals surface area contributed by atoms with Crippen molar-refractivity contribution in [1.82, 2.24) is 13.9 Å². The van der Waals surface area contributed by atoms with E-state index in [9.17, 15) is 23.9 Å². The van der Waals surface area contributed by atoms with E-state index in [1.54, 1.807) is 30.3 Å². The molecule has 8 nitrogen and oxygen atoms in total. The SMILES string of the molecule is O=c1n(-c2ccccc2)c(=O)n2n1CC=CC2P(=O)(O)O. The zero-order valence-corrected chi connectivity index (χ0v) is 11.6. The quantitative estimate of drug-likeness (QED) is 0.602. The van der Waals surface area contributed by atoms with E-state index in [0.717, 1.165) is 13.9 Å². The summed E-state index contributed by atoms with van der Waals surface area (Å²) in [6, 6.07) is 8.23. The highest BCUT2D eigenvalue weighted by Gasteiger charge is 2.35. The van der Waals surface area contributed by atoms with Gasteiger partial charge in [-0.3, -0.25) is 4.57 Å². The summed E-state index contributed by atoms with van der Waals surface area (Å²) < 4.78 is 14.3. The first-order valence-electron chi connectivity index (χ1n) is 6.13. The molecule has 0 fully saturated rings. The third-order valence-electron chi connectivity index (χ3n) is 3.26. The topological polar surface area (TPSA) is 106 Å². The fourth-order valence-electron chi connectivity index (χ4n) is 2.33. The van der Waals surface area contributed by atoms with E-state index in [0.29, 0.717) is 5.69 Å². The Morgan fingerprint density at radius 3 is 2.38 bits per heavy atom. The highest BCUT2D eigenvalue weighted by molar-refractivity contribution is 7.52. The standard InChI is InChI=1S/C12H12N3O5P/c16-11-13-8-4-7-10(21(18,19)20)15(13)12(17)14(11)9-5-2-1-3-6-9/h1-7,10H,8H2,(H2,18,19,20). The van der Waals surface area contributed by atoms with E-state index < -0.39 is 24.8 Å². The van der Waals surface area contributed by atoms with Crippen molar-refractivity contribution < 1.29 is 14.4 Å². The molecule has 0 amide bonds. The maximum Gasteiger partial charge on any atom is 0.353 e. The number of rotatable bonds is 2. The molecule has 0 saturated carbocycles. The minimum atomic E-state index is -4.60. The Kier molecular flexibility index (Phi) is 3.09. The summed E-state index contributed by atoms with van der Waals surface area (Å²) in [7, 11) is -4.60. The molecule has 1 aromatic heterocycles. The van der Waals surface area contributed by atoms with E-state index in [1.807, 2.05) is 0 Å². The lowest BCUT2D eigenvalue weighted by Crippen LogP contribution is -2.32. The highest BCUT2D eigenvalue weighted by atomic mass is 31.2. The average molecular weight is 309 g/mol. The summed E-state index contributed by atoms with van der Waals surface area (Å²) in [5.41, 5.74) is -1.05. The summed E-state index contributed by atoms with van der Waals surface area (Å²) >= 11 is 0. The van der Waals surface area contributed by atoms with Gasteiger partial charge in [-0.1, -0.05) is 30.4 Å². The Hall–Kier alpha value is -2.15. The zero-order valence-electron chi connectivity index (χ0n) is 10.7. The number of para-hydroxylation sites is 1. The van der Waals surface area contributed by atoms with E-state index >= 15 is 0 Å². The van der Waals surface area contributed by atoms with Crippen molar-refractivity contribution in [1.29, 1.82) is 0 Å². The summed E-state index contributed by atoms with van der Waals surface area (Å²) in [5, 5.41) is 0. The summed E-state index contributed by atoms with van der Waals surface area (Å²) in [6.45, 7) is 0.0877. The van der Waals surface area contributed by atoms with Crippen molar-refractivity contribution in [3.8, 4) is 5.69 Å². The predicted molar refractivity (Wildman–Crippen MR) is 74.5 cm³/mol. The van der Waals surface area contributed by atoms with Crippen LogP contribution in [0.1, 0.15) is 5.78 Å². The van der Waals surface area contributed by atoms with Crippen molar-refractivity contribution in [2.45, 2.75) is 12.3 Å². The Bertz CT molecular complexity index is 871. The van der Waals surface area contributed by atoms with Gasteiger partial charge in [-0.05, 0) is 12.1 Å². The maximum absolute atomic E-state index is 12.4. The number of fused-ring (bicyclic) bond motifs is 1. The van der Waals surface area contributed by atoms with Crippen molar-refractivity contribution >= 4 is 7.60 Å². The van der Waals surface area contributed by atoms with Crippen molar-refractivity contribution in [3.05, 3.63) is 63.5 Å². The predicted octanol–water partition coefficient (Wildman–Crippen LogP) is 0.0468. The molecule has 1 atom stereocenters. The minimum Gasteiger partial charge on any atom is -0.323 e. The lowest BCUT2D eigenvalue weighted by molar-refractivity contribution is 0.329. The normalized spacial score (nSPS) is 17.7. The highest BCUT2D eigenvalue weighted by Crippen LogP contribution is 2.49. The molecular weight excluding hydrogens is 297 g/mol. The summed E-state index contributed by atoms with van der Waals surface area (Å²) in [6.07, 6.45) is 2.71. The van der Waals surface area contributed by atoms with Gasteiger partial charge in [-0.25, -0.2) is 23.5 Å². The number of nitrogens with zero attached hydrogens (tertiary/aromatic N) is 3. The van der Waals surface area contributed by atoms with Crippen molar-refractivity contribution in [2.24, 2.45) is 0 Å². The van der Waals surface area contributed by atoms with Gasteiger partial charge in [-0.2, -0.15) is 0 Å². The molecule has 0 radical (unpaired) electrons. The first kappa shape index (κ1) is 13.8. The first-order chi connectivity index (χ1) is 9.91. The van der Waals surface area contributed by atoms with Gasteiger partial charge in [0.25, 0.3) is 0 Å². The van der Waals surface area contributed by atoms with Gasteiger partial charge in [0.1, 0.15) is 0 Å². The number of aromatic nitrogens is 3. The van der Waals surface area contributed by atoms with Gasteiger partial charge in [0.15, 0.2) is 5.78 Å². The smallest absolute Gasteiger partial charge is 0.323 e. The second kappa shape index (κ2) is 4.70. The van der Waals surface area contributed by atoms with Gasteiger partial charge in [0.2, 0.25) is 0 Å². The van der Waals surface area contributed by atoms with E-state index in [4.69, 9.17) is 0 Å². The van der Waals surface area contributed by atoms with Crippen molar-refractivity contribution in [2.75, 3.05) is 0 Å². The molecule has 21 heavy (non-hydrogen) atoms. The molecule has 0 spiro atoms. The minimum absolute atomic E-state index is 0.0877. The first-order valence-corrected chi connectivity index (χ1v) is 7.81. The Balaban J connectivity index is 2.31. The molecule has 0 aliphatic carbocycles. The van der Waals surface area contributed by atoms with Crippen molar-refractivity contribution in [3.63, 3.8) is 0 Å². The number of hydrogen-bond acceptors (Lipinski definition) is 3. The number of benzene rings is 1. The lowest BCUT2D eigenvalue weighted by Gasteiger charge is -2.21. The lowest BCUT2D eigenvalue weighted by atomic mass is 10.3. The average Bonchev–Trinajstić information content (AvgIpc) is 2.71. The van der Waals surface area contributed by atoms with Crippen LogP contribution in [0.3, 0.4) is 0 Å². The van der Waals surface area contributed by atoms with Crippen LogP contribution in [0.5, 0.6) is 0 Å². The largest absolute Gasteiger partial charge is 0.353 e. The fraction of sp³-hybridized carbons (Fsp3) is 0.167. The molecule has 1 aromatic carbocycles. The molecule has 9 heteroatoms. The molecule has 2 heterocycles. The molecule has 0 saturated heterocycles. The van der Waals surface area contributed by atoms with Crippen LogP contribution in [0.2, 0.25) is 0 Å². The Labute approximate surface area is 118 Å². The van der Waals surface area contributed by atoms with Crippen LogP contribution in [-0.2, 0) is 11.1 Å². The van der Waals surface area contributed by atoms with Crippen LogP contribution < -0.4 is 11.4 Å². The molecular formula is C12H12N3O5P. The molecule has 1 unspecified atom stereocenters. The molecule has 2 N–H and O–H groups in total. The molecule has 1 aliphatic heterocycles. The maximum atomic E-state index is 12.4. The van der Waals surface area contributed by atoms with Gasteiger partial charge in [-0.15, -0.1) is 0 Å². The van der Waals surface area contributed by atoms with Gasteiger partial charge in [0.05, 0.1) is 12.2 Å². The molecule has 2 aromatic rings. The van der Waals surface area contributed by atoms with Crippen LogP contribution in [0.25, 0.3) is 5.69 Å². The van der Waals surface area contributed by atoms with Gasteiger partial charge in [0, 0.05) is 0 Å². The molecule has 0 bridgehead atoms. The third kappa shape index (κ3) is 2.13. The second-order valence-electron chi connectivity index (χ2n) is 4.59. The van der Waals surface area contributed by atoms with Crippen LogP contribution >= 0.6 is 7.60 Å². The monoisotopic (exact) mass is 309 g/mol. The van der Waals surface area contributed by atoms with Crippen LogP contribution in [0.4, 0.5) is 0 Å². The third-order valence-corrected chi connectivity index (χ3v) is 4.34. The van der Waals surface area contributed by atoms with Crippen LogP contribution in [0, 0.1) is 0 Å². The molecule has 110 valence electrons. The fourth-order valence-corrected chi connectivity index (χ4v) is 3.19. The number of hydrogen-bond donors (Lipinski definition) is 2. The summed E-state index contributed by atoms with van der Waals surface area (Å²) in [5.74, 6) is -1.46. The van der Waals surface area contributed by atoms with Crippen LogP contribution in [-0.4, -0.2) is 23.7 Å². The zero-order chi connectivity index (χ0) is 15.2. The van der Waals surface area contributed by atoms with E-state index in [2.05, 4.69) is 0 Å². The van der Waals surface area contributed by atoms with E-state index in [-0.39, 0.29) is 6.54 Å². The molecule has 1 aliphatic rings. The number of allylic oxidation sites excluding steroid dienone is 2. The Morgan fingerprint density at radius 1 is 1.10 bits per heavy atom.